The van der Waals surface area contributed by atoms with Gasteiger partial charge in [0.05, 0.1) is 0 Å². The highest BCUT2D eigenvalue weighted by Gasteiger charge is 2.41. The van der Waals surface area contributed by atoms with Crippen molar-refractivity contribution in [2.24, 2.45) is 5.92 Å². The number of carbonyl (C=O) groups is 1. The van der Waals surface area contributed by atoms with E-state index in [0.717, 1.165) is 55.6 Å². The fourth-order valence-electron chi connectivity index (χ4n) is 5.36. The number of aliphatic hydroxyl groups is 1. The first-order chi connectivity index (χ1) is 16.8. The molecule has 1 heterocycles. The number of likely N-dealkylation sites (tertiary alicyclic amines) is 1. The standard InChI is InChI=1S/C32H39NO2.ClH/c1-31(2,3)26-18-16-25(17-19-26)30(34)15-10-22-33-23-20-29(21-24-33)32(35,27-11-6-4-7-12-27)28-13-8-5-9-14-28;/h4-9,11-14,16-19,29,35H,10,15,20-24H2,1-3H3;1H. The SMILES string of the molecule is CC(C)(C)c1ccc(C(=O)CCCN2CCC(C(O)(c3ccccc3)c3ccccc3)CC2)cc1.Cl. The van der Waals surface area contributed by atoms with Crippen molar-refractivity contribution in [3.05, 3.63) is 107 Å². The Bertz CT molecular complexity index is 1040. The molecular formula is C32H40ClNO2. The Hall–Kier alpha value is -2.46. The van der Waals surface area contributed by atoms with Crippen LogP contribution in [0.1, 0.15) is 73.5 Å². The summed E-state index contributed by atoms with van der Waals surface area (Å²) in [6.45, 7) is 9.38. The van der Waals surface area contributed by atoms with E-state index >= 15 is 0 Å². The number of nitrogens with zero attached hydrogens (tertiary/aromatic N) is 1. The lowest BCUT2D eigenvalue weighted by Crippen LogP contribution is -2.44. The first-order valence-electron chi connectivity index (χ1n) is 13.0. The largest absolute Gasteiger partial charge is 0.380 e. The topological polar surface area (TPSA) is 40.5 Å². The number of ketones is 1. The molecular weight excluding hydrogens is 466 g/mol. The summed E-state index contributed by atoms with van der Waals surface area (Å²) in [4.78, 5) is 15.1. The normalized spacial score (nSPS) is 15.3. The second-order valence-electron chi connectivity index (χ2n) is 11.0. The van der Waals surface area contributed by atoms with Crippen molar-refractivity contribution in [1.82, 2.24) is 4.90 Å². The molecule has 3 nitrogen and oxygen atoms in total. The predicted octanol–water partition coefficient (Wildman–Crippen LogP) is 7.02. The summed E-state index contributed by atoms with van der Waals surface area (Å²) in [5, 5.41) is 12.0. The number of hydrogen-bond acceptors (Lipinski definition) is 3. The summed E-state index contributed by atoms with van der Waals surface area (Å²) in [5.41, 5.74) is 3.11. The Morgan fingerprint density at radius 2 is 1.31 bits per heavy atom. The number of piperidine rings is 1. The zero-order chi connectivity index (χ0) is 24.9. The first kappa shape index (κ1) is 28.1. The van der Waals surface area contributed by atoms with Gasteiger partial charge in [-0.3, -0.25) is 4.79 Å². The maximum Gasteiger partial charge on any atom is 0.162 e. The number of rotatable bonds is 8. The molecule has 1 N–H and O–H groups in total. The minimum Gasteiger partial charge on any atom is -0.380 e. The first-order valence-corrected chi connectivity index (χ1v) is 13.0. The minimum absolute atomic E-state index is 0. The van der Waals surface area contributed by atoms with Crippen molar-refractivity contribution in [2.75, 3.05) is 19.6 Å². The number of halogens is 1. The maximum absolute atomic E-state index is 12.7. The van der Waals surface area contributed by atoms with Crippen LogP contribution in [0.2, 0.25) is 0 Å². The Morgan fingerprint density at radius 1 is 0.806 bits per heavy atom. The smallest absolute Gasteiger partial charge is 0.162 e. The highest BCUT2D eigenvalue weighted by molar-refractivity contribution is 5.96. The Labute approximate surface area is 223 Å². The van der Waals surface area contributed by atoms with Crippen LogP contribution in [0.3, 0.4) is 0 Å². The lowest BCUT2D eigenvalue weighted by atomic mass is 9.72. The van der Waals surface area contributed by atoms with E-state index in [0.29, 0.717) is 6.42 Å². The molecule has 0 radical (unpaired) electrons. The zero-order valence-corrected chi connectivity index (χ0v) is 22.6. The van der Waals surface area contributed by atoms with E-state index in [1.807, 2.05) is 72.8 Å². The predicted molar refractivity (Wildman–Crippen MR) is 151 cm³/mol. The van der Waals surface area contributed by atoms with Gasteiger partial charge in [0.1, 0.15) is 5.60 Å². The summed E-state index contributed by atoms with van der Waals surface area (Å²) >= 11 is 0. The van der Waals surface area contributed by atoms with E-state index in [-0.39, 0.29) is 29.5 Å². The second-order valence-corrected chi connectivity index (χ2v) is 11.0. The van der Waals surface area contributed by atoms with Gasteiger partial charge in [0.25, 0.3) is 0 Å². The number of carbonyl (C=O) groups excluding carboxylic acids is 1. The molecule has 4 heteroatoms. The number of Topliss-reactive ketones (excluding diaryl/α,β-unsaturated/α-hetero) is 1. The number of benzene rings is 3. The highest BCUT2D eigenvalue weighted by atomic mass is 35.5. The number of hydrogen-bond donors (Lipinski definition) is 1. The van der Waals surface area contributed by atoms with Crippen LogP contribution in [0.4, 0.5) is 0 Å². The molecule has 36 heavy (non-hydrogen) atoms. The van der Waals surface area contributed by atoms with Gasteiger partial charge >= 0.3 is 0 Å². The molecule has 4 rings (SSSR count). The highest BCUT2D eigenvalue weighted by Crippen LogP contribution is 2.41. The van der Waals surface area contributed by atoms with E-state index in [2.05, 4.69) is 37.8 Å². The molecule has 0 spiro atoms. The fourth-order valence-corrected chi connectivity index (χ4v) is 5.36. The van der Waals surface area contributed by atoms with Crippen LogP contribution in [0.15, 0.2) is 84.9 Å². The average molecular weight is 506 g/mol. The van der Waals surface area contributed by atoms with Crippen LogP contribution in [-0.4, -0.2) is 35.4 Å². The third-order valence-electron chi connectivity index (χ3n) is 7.56. The third-order valence-corrected chi connectivity index (χ3v) is 7.56. The third kappa shape index (κ3) is 6.45. The van der Waals surface area contributed by atoms with Gasteiger partial charge in [0.2, 0.25) is 0 Å². The van der Waals surface area contributed by atoms with Gasteiger partial charge in [-0.1, -0.05) is 106 Å². The van der Waals surface area contributed by atoms with Crippen molar-refractivity contribution >= 4 is 18.2 Å². The summed E-state index contributed by atoms with van der Waals surface area (Å²) in [5.74, 6) is 0.384. The fraction of sp³-hybridized carbons (Fsp3) is 0.406. The van der Waals surface area contributed by atoms with Crippen molar-refractivity contribution < 1.29 is 9.90 Å². The molecule has 3 aromatic carbocycles. The van der Waals surface area contributed by atoms with Gasteiger partial charge in [0, 0.05) is 12.0 Å². The Balaban J connectivity index is 0.00000361. The van der Waals surface area contributed by atoms with Crippen molar-refractivity contribution in [3.63, 3.8) is 0 Å². The lowest BCUT2D eigenvalue weighted by Gasteiger charge is -2.42. The van der Waals surface area contributed by atoms with E-state index < -0.39 is 5.60 Å². The van der Waals surface area contributed by atoms with Gasteiger partial charge < -0.3 is 10.0 Å². The lowest BCUT2D eigenvalue weighted by molar-refractivity contribution is -0.0142. The molecule has 0 aromatic heterocycles. The van der Waals surface area contributed by atoms with Gasteiger partial charge in [-0.15, -0.1) is 12.4 Å². The molecule has 0 unspecified atom stereocenters. The van der Waals surface area contributed by atoms with Crippen LogP contribution in [0.5, 0.6) is 0 Å². The molecule has 1 saturated heterocycles. The Morgan fingerprint density at radius 3 is 1.78 bits per heavy atom. The van der Waals surface area contributed by atoms with Gasteiger partial charge in [0.15, 0.2) is 5.78 Å². The molecule has 1 aliphatic rings. The quantitative estimate of drug-likeness (QED) is 0.334. The zero-order valence-electron chi connectivity index (χ0n) is 21.8. The molecule has 0 bridgehead atoms. The molecule has 1 fully saturated rings. The van der Waals surface area contributed by atoms with E-state index in [1.165, 1.54) is 5.56 Å². The maximum atomic E-state index is 12.7. The van der Waals surface area contributed by atoms with Gasteiger partial charge in [-0.25, -0.2) is 0 Å². The van der Waals surface area contributed by atoms with Crippen LogP contribution >= 0.6 is 12.4 Å². The molecule has 192 valence electrons. The monoisotopic (exact) mass is 505 g/mol. The molecule has 0 aliphatic carbocycles. The van der Waals surface area contributed by atoms with Crippen LogP contribution in [-0.2, 0) is 11.0 Å². The summed E-state index contributed by atoms with van der Waals surface area (Å²) in [7, 11) is 0. The molecule has 0 saturated carbocycles. The van der Waals surface area contributed by atoms with Gasteiger partial charge in [-0.2, -0.15) is 0 Å². The Kier molecular flexibility index (Phi) is 9.52. The summed E-state index contributed by atoms with van der Waals surface area (Å²) < 4.78 is 0. The average Bonchev–Trinajstić information content (AvgIpc) is 2.89. The van der Waals surface area contributed by atoms with Crippen molar-refractivity contribution in [1.29, 1.82) is 0 Å². The molecule has 0 atom stereocenters. The van der Waals surface area contributed by atoms with Crippen LogP contribution < -0.4 is 0 Å². The van der Waals surface area contributed by atoms with E-state index in [9.17, 15) is 9.90 Å². The van der Waals surface area contributed by atoms with E-state index in [4.69, 9.17) is 0 Å². The summed E-state index contributed by atoms with van der Waals surface area (Å²) in [6.07, 6.45) is 3.31. The molecule has 3 aromatic rings. The molecule has 0 amide bonds. The molecule has 1 aliphatic heterocycles. The van der Waals surface area contributed by atoms with Crippen molar-refractivity contribution in [2.45, 2.75) is 57.5 Å². The second kappa shape index (κ2) is 12.2. The summed E-state index contributed by atoms with van der Waals surface area (Å²) in [6, 6.07) is 28.3. The van der Waals surface area contributed by atoms with Crippen LogP contribution in [0.25, 0.3) is 0 Å². The van der Waals surface area contributed by atoms with E-state index in [1.54, 1.807) is 0 Å². The van der Waals surface area contributed by atoms with Crippen molar-refractivity contribution in [3.8, 4) is 0 Å². The minimum atomic E-state index is -0.982. The van der Waals surface area contributed by atoms with Crippen LogP contribution in [0, 0.1) is 5.92 Å². The van der Waals surface area contributed by atoms with Gasteiger partial charge in [-0.05, 0) is 66.9 Å².